The van der Waals surface area contributed by atoms with Crippen molar-refractivity contribution in [3.63, 3.8) is 0 Å². The summed E-state index contributed by atoms with van der Waals surface area (Å²) >= 11 is 0. The van der Waals surface area contributed by atoms with Gasteiger partial charge < -0.3 is 14.8 Å². The van der Waals surface area contributed by atoms with E-state index in [0.717, 1.165) is 25.0 Å². The molecular weight excluding hydrogens is 273 g/mol. The number of hydrogen-bond donors (Lipinski definition) is 1. The normalized spacial score (nSPS) is 17.9. The predicted octanol–water partition coefficient (Wildman–Crippen LogP) is 2.45. The summed E-state index contributed by atoms with van der Waals surface area (Å²) in [7, 11) is 0. The summed E-state index contributed by atoms with van der Waals surface area (Å²) in [6.07, 6.45) is 3.09. The number of aryl methyl sites for hydroxylation is 1. The summed E-state index contributed by atoms with van der Waals surface area (Å²) in [6, 6.07) is 4.59. The maximum Gasteiger partial charge on any atom is 0.254 e. The Hall–Kier alpha value is -1.46. The minimum absolute atomic E-state index is 0.0841. The van der Waals surface area contributed by atoms with E-state index in [0.29, 0.717) is 26.2 Å². The van der Waals surface area contributed by atoms with Crippen LogP contribution in [0.15, 0.2) is 18.2 Å². The fourth-order valence-electron chi connectivity index (χ4n) is 2.27. The van der Waals surface area contributed by atoms with Gasteiger partial charge in [0.15, 0.2) is 0 Å². The Morgan fingerprint density at radius 1 is 1.52 bits per heavy atom. The molecule has 116 valence electrons. The molecule has 0 aliphatic carbocycles. The molecule has 0 aromatic heterocycles. The third-order valence-electron chi connectivity index (χ3n) is 3.45. The number of amides is 1. The second-order valence-corrected chi connectivity index (χ2v) is 5.30. The van der Waals surface area contributed by atoms with Crippen LogP contribution in [0, 0.1) is 12.7 Å². The lowest BCUT2D eigenvalue weighted by atomic mass is 10.1. The van der Waals surface area contributed by atoms with Crippen LogP contribution >= 0.6 is 0 Å². The average molecular weight is 295 g/mol. The molecule has 1 aliphatic rings. The standard InChI is InChI=1S/C16H22FNO3/c1-12-5-6-14(15(17)10-12)16(19)18-7-3-8-20-11-13-4-2-9-21-13/h5-6,10,13H,2-4,7-9,11H2,1H3,(H,18,19). The van der Waals surface area contributed by atoms with Crippen molar-refractivity contribution in [1.29, 1.82) is 0 Å². The smallest absolute Gasteiger partial charge is 0.254 e. The predicted molar refractivity (Wildman–Crippen MR) is 77.9 cm³/mol. The van der Waals surface area contributed by atoms with Gasteiger partial charge in [-0.3, -0.25) is 4.79 Å². The van der Waals surface area contributed by atoms with E-state index in [9.17, 15) is 9.18 Å². The van der Waals surface area contributed by atoms with Crippen molar-refractivity contribution in [2.24, 2.45) is 0 Å². The Balaban J connectivity index is 1.60. The van der Waals surface area contributed by atoms with E-state index in [4.69, 9.17) is 9.47 Å². The molecule has 0 saturated carbocycles. The first-order valence-corrected chi connectivity index (χ1v) is 7.40. The number of rotatable bonds is 7. The number of halogens is 1. The summed E-state index contributed by atoms with van der Waals surface area (Å²) in [5, 5.41) is 2.70. The second kappa shape index (κ2) is 8.10. The molecule has 5 heteroatoms. The third-order valence-corrected chi connectivity index (χ3v) is 3.45. The zero-order chi connectivity index (χ0) is 15.1. The van der Waals surface area contributed by atoms with Crippen LogP contribution in [-0.2, 0) is 9.47 Å². The summed E-state index contributed by atoms with van der Waals surface area (Å²) in [5.41, 5.74) is 0.882. The van der Waals surface area contributed by atoms with Crippen LogP contribution in [0.2, 0.25) is 0 Å². The number of benzene rings is 1. The molecule has 1 heterocycles. The summed E-state index contributed by atoms with van der Waals surface area (Å²) in [4.78, 5) is 11.8. The molecule has 1 aromatic rings. The first kappa shape index (κ1) is 15.9. The highest BCUT2D eigenvalue weighted by Gasteiger charge is 2.15. The van der Waals surface area contributed by atoms with Crippen LogP contribution in [0.3, 0.4) is 0 Å². The summed E-state index contributed by atoms with van der Waals surface area (Å²) in [6.45, 7) is 4.26. The van der Waals surface area contributed by atoms with Gasteiger partial charge in [0.05, 0.1) is 18.3 Å². The molecule has 1 saturated heterocycles. The highest BCUT2D eigenvalue weighted by Crippen LogP contribution is 2.12. The Morgan fingerprint density at radius 2 is 2.38 bits per heavy atom. The van der Waals surface area contributed by atoms with Crippen LogP contribution in [0.5, 0.6) is 0 Å². The van der Waals surface area contributed by atoms with Crippen molar-refractivity contribution in [3.05, 3.63) is 35.1 Å². The number of carbonyl (C=O) groups is 1. The summed E-state index contributed by atoms with van der Waals surface area (Å²) in [5.74, 6) is -0.867. The highest BCUT2D eigenvalue weighted by atomic mass is 19.1. The number of nitrogens with one attached hydrogen (secondary N) is 1. The van der Waals surface area contributed by atoms with Crippen LogP contribution in [-0.4, -0.2) is 38.4 Å². The maximum atomic E-state index is 13.6. The Morgan fingerprint density at radius 3 is 3.10 bits per heavy atom. The van der Waals surface area contributed by atoms with Crippen molar-refractivity contribution in [1.82, 2.24) is 5.32 Å². The van der Waals surface area contributed by atoms with Gasteiger partial charge in [-0.15, -0.1) is 0 Å². The van der Waals surface area contributed by atoms with Gasteiger partial charge in [-0.25, -0.2) is 4.39 Å². The Labute approximate surface area is 124 Å². The van der Waals surface area contributed by atoms with Gasteiger partial charge >= 0.3 is 0 Å². The Bertz CT molecular complexity index is 473. The fraction of sp³-hybridized carbons (Fsp3) is 0.562. The van der Waals surface area contributed by atoms with Crippen LogP contribution in [0.25, 0.3) is 0 Å². The van der Waals surface area contributed by atoms with E-state index in [-0.39, 0.29) is 17.6 Å². The Kier molecular flexibility index (Phi) is 6.14. The monoisotopic (exact) mass is 295 g/mol. The first-order valence-electron chi connectivity index (χ1n) is 7.40. The van der Waals surface area contributed by atoms with Gasteiger partial charge in [0, 0.05) is 19.8 Å². The minimum Gasteiger partial charge on any atom is -0.379 e. The van der Waals surface area contributed by atoms with Crippen LogP contribution in [0.1, 0.15) is 35.2 Å². The molecule has 4 nitrogen and oxygen atoms in total. The maximum absolute atomic E-state index is 13.6. The topological polar surface area (TPSA) is 47.6 Å². The molecule has 2 rings (SSSR count). The fourth-order valence-corrected chi connectivity index (χ4v) is 2.27. The molecule has 1 aromatic carbocycles. The molecule has 21 heavy (non-hydrogen) atoms. The molecule has 1 unspecified atom stereocenters. The van der Waals surface area contributed by atoms with Gasteiger partial charge in [-0.05, 0) is 43.9 Å². The molecule has 1 amide bonds. The number of carbonyl (C=O) groups excluding carboxylic acids is 1. The van der Waals surface area contributed by atoms with E-state index in [1.165, 1.54) is 12.1 Å². The van der Waals surface area contributed by atoms with E-state index < -0.39 is 5.82 Å². The van der Waals surface area contributed by atoms with Crippen molar-refractivity contribution in [2.45, 2.75) is 32.3 Å². The van der Waals surface area contributed by atoms with E-state index in [2.05, 4.69) is 5.32 Å². The summed E-state index contributed by atoms with van der Waals surface area (Å²) < 4.78 is 24.5. The lowest BCUT2D eigenvalue weighted by Crippen LogP contribution is -2.26. The zero-order valence-electron chi connectivity index (χ0n) is 12.4. The van der Waals surface area contributed by atoms with Crippen molar-refractivity contribution >= 4 is 5.91 Å². The van der Waals surface area contributed by atoms with Crippen LogP contribution < -0.4 is 5.32 Å². The molecule has 1 atom stereocenters. The molecule has 1 N–H and O–H groups in total. The number of ether oxygens (including phenoxy) is 2. The van der Waals surface area contributed by atoms with Gasteiger partial charge in [-0.2, -0.15) is 0 Å². The first-order chi connectivity index (χ1) is 10.2. The van der Waals surface area contributed by atoms with Gasteiger partial charge in [0.2, 0.25) is 0 Å². The molecule has 1 fully saturated rings. The molecule has 0 bridgehead atoms. The quantitative estimate of drug-likeness (QED) is 0.786. The van der Waals surface area contributed by atoms with Crippen molar-refractivity contribution in [2.75, 3.05) is 26.4 Å². The lowest BCUT2D eigenvalue weighted by Gasteiger charge is -2.10. The van der Waals surface area contributed by atoms with E-state index in [1.54, 1.807) is 13.0 Å². The zero-order valence-corrected chi connectivity index (χ0v) is 12.4. The largest absolute Gasteiger partial charge is 0.379 e. The molecular formula is C16H22FNO3. The molecule has 0 spiro atoms. The second-order valence-electron chi connectivity index (χ2n) is 5.30. The SMILES string of the molecule is Cc1ccc(C(=O)NCCCOCC2CCCO2)c(F)c1. The minimum atomic E-state index is -0.484. The highest BCUT2D eigenvalue weighted by molar-refractivity contribution is 5.94. The van der Waals surface area contributed by atoms with Gasteiger partial charge in [-0.1, -0.05) is 6.07 Å². The lowest BCUT2D eigenvalue weighted by molar-refractivity contribution is 0.0166. The van der Waals surface area contributed by atoms with Crippen LogP contribution in [0.4, 0.5) is 4.39 Å². The van der Waals surface area contributed by atoms with E-state index >= 15 is 0 Å². The number of hydrogen-bond acceptors (Lipinski definition) is 3. The third kappa shape index (κ3) is 5.10. The van der Waals surface area contributed by atoms with Crippen molar-refractivity contribution in [3.8, 4) is 0 Å². The average Bonchev–Trinajstić information content (AvgIpc) is 2.95. The molecule has 0 radical (unpaired) electrons. The van der Waals surface area contributed by atoms with Gasteiger partial charge in [0.1, 0.15) is 5.82 Å². The van der Waals surface area contributed by atoms with Crippen molar-refractivity contribution < 1.29 is 18.7 Å². The van der Waals surface area contributed by atoms with Gasteiger partial charge in [0.25, 0.3) is 5.91 Å². The van der Waals surface area contributed by atoms with E-state index in [1.807, 2.05) is 0 Å². The molecule has 1 aliphatic heterocycles.